The third kappa shape index (κ3) is 2.85. The Balaban J connectivity index is 2.22. The minimum absolute atomic E-state index is 0.0593. The highest BCUT2D eigenvalue weighted by Crippen LogP contribution is 2.21. The maximum atomic E-state index is 13.0. The quantitative estimate of drug-likeness (QED) is 0.941. The number of nitrogens with zero attached hydrogens (tertiary/aromatic N) is 2. The molecule has 100 valence electrons. The first-order valence-electron chi connectivity index (χ1n) is 5.35. The van der Waals surface area contributed by atoms with E-state index in [1.165, 1.54) is 36.2 Å². The number of methoxy groups -OCH3 is 1. The Morgan fingerprint density at radius 1 is 1.53 bits per heavy atom. The number of hydrogen-bond acceptors (Lipinski definition) is 3. The predicted molar refractivity (Wildman–Crippen MR) is 69.1 cm³/mol. The Morgan fingerprint density at radius 3 is 2.89 bits per heavy atom. The maximum Gasteiger partial charge on any atom is 0.262 e. The van der Waals surface area contributed by atoms with Crippen LogP contribution in [0.3, 0.4) is 0 Å². The first-order valence-corrected chi connectivity index (χ1v) is 5.73. The Bertz CT molecular complexity index is 627. The number of benzene rings is 1. The van der Waals surface area contributed by atoms with Crippen LogP contribution in [0.2, 0.25) is 5.02 Å². The highest BCUT2D eigenvalue weighted by atomic mass is 35.5. The van der Waals surface area contributed by atoms with E-state index >= 15 is 0 Å². The van der Waals surface area contributed by atoms with E-state index in [4.69, 9.17) is 16.3 Å². The van der Waals surface area contributed by atoms with Crippen LogP contribution in [0.1, 0.15) is 10.4 Å². The van der Waals surface area contributed by atoms with Gasteiger partial charge in [0, 0.05) is 18.9 Å². The zero-order chi connectivity index (χ0) is 14.0. The smallest absolute Gasteiger partial charge is 0.262 e. The Labute approximate surface area is 113 Å². The van der Waals surface area contributed by atoms with Crippen LogP contribution in [-0.4, -0.2) is 22.8 Å². The summed E-state index contributed by atoms with van der Waals surface area (Å²) in [7, 11) is 3.10. The van der Waals surface area contributed by atoms with Crippen LogP contribution < -0.4 is 10.1 Å². The van der Waals surface area contributed by atoms with E-state index in [0.717, 1.165) is 0 Å². The van der Waals surface area contributed by atoms with Gasteiger partial charge < -0.3 is 10.1 Å². The average Bonchev–Trinajstić information content (AvgIpc) is 2.75. The number of nitrogens with one attached hydrogen (secondary N) is 1. The molecule has 2 rings (SSSR count). The van der Waals surface area contributed by atoms with Crippen molar-refractivity contribution in [3.8, 4) is 5.88 Å². The molecule has 1 amide bonds. The normalized spacial score (nSPS) is 10.3. The summed E-state index contributed by atoms with van der Waals surface area (Å²) in [5, 5.41) is 6.50. The fraction of sp³-hybridized carbons (Fsp3) is 0.167. The van der Waals surface area contributed by atoms with E-state index in [9.17, 15) is 9.18 Å². The van der Waals surface area contributed by atoms with E-state index in [2.05, 4.69) is 10.4 Å². The maximum absolute atomic E-state index is 13.0. The third-order valence-electron chi connectivity index (χ3n) is 2.41. The summed E-state index contributed by atoms with van der Waals surface area (Å²) in [6, 6.07) is 3.93. The molecule has 0 aliphatic rings. The predicted octanol–water partition coefficient (Wildman–Crippen LogP) is 2.47. The number of aryl methyl sites for hydroxylation is 1. The summed E-state index contributed by atoms with van der Waals surface area (Å²) in [6.45, 7) is 0. The molecule has 0 saturated carbocycles. The van der Waals surface area contributed by atoms with Gasteiger partial charge in [0.05, 0.1) is 12.1 Å². The number of carbonyl (C=O) groups excluding carboxylic acids is 1. The Hall–Kier alpha value is -2.08. The van der Waals surface area contributed by atoms with Gasteiger partial charge in [-0.15, -0.1) is 5.10 Å². The van der Waals surface area contributed by atoms with Crippen LogP contribution in [0, 0.1) is 5.82 Å². The number of halogens is 2. The van der Waals surface area contributed by atoms with Gasteiger partial charge in [0.15, 0.2) is 0 Å². The van der Waals surface area contributed by atoms with Crippen molar-refractivity contribution < 1.29 is 13.9 Å². The molecule has 0 aliphatic carbocycles. The second-order valence-electron chi connectivity index (χ2n) is 3.81. The molecule has 0 radical (unpaired) electrons. The molecule has 0 saturated heterocycles. The number of hydrogen-bond donors (Lipinski definition) is 1. The summed E-state index contributed by atoms with van der Waals surface area (Å²) in [4.78, 5) is 12.0. The second-order valence-corrected chi connectivity index (χ2v) is 4.22. The van der Waals surface area contributed by atoms with Gasteiger partial charge in [-0.2, -0.15) is 0 Å². The van der Waals surface area contributed by atoms with Crippen molar-refractivity contribution in [1.82, 2.24) is 9.78 Å². The van der Waals surface area contributed by atoms with Crippen molar-refractivity contribution in [2.45, 2.75) is 0 Å². The molecule has 0 unspecified atom stereocenters. The number of rotatable bonds is 3. The lowest BCUT2D eigenvalue weighted by Crippen LogP contribution is -2.12. The molecule has 7 heteroatoms. The van der Waals surface area contributed by atoms with E-state index < -0.39 is 11.7 Å². The number of carbonyl (C=O) groups is 1. The third-order valence-corrected chi connectivity index (χ3v) is 2.70. The van der Waals surface area contributed by atoms with E-state index in [1.807, 2.05) is 0 Å². The molecule has 0 bridgehead atoms. The van der Waals surface area contributed by atoms with Crippen LogP contribution in [0.5, 0.6) is 5.88 Å². The van der Waals surface area contributed by atoms with Crippen molar-refractivity contribution >= 4 is 23.2 Å². The fourth-order valence-corrected chi connectivity index (χ4v) is 1.73. The molecule has 0 atom stereocenters. The molecule has 1 heterocycles. The van der Waals surface area contributed by atoms with Crippen LogP contribution in [-0.2, 0) is 7.05 Å². The lowest BCUT2D eigenvalue weighted by molar-refractivity contribution is 0.102. The number of ether oxygens (including phenoxy) is 1. The molecular weight excluding hydrogens is 273 g/mol. The zero-order valence-corrected chi connectivity index (χ0v) is 11.0. The van der Waals surface area contributed by atoms with Crippen molar-refractivity contribution in [1.29, 1.82) is 0 Å². The van der Waals surface area contributed by atoms with Crippen molar-refractivity contribution in [3.63, 3.8) is 0 Å². The largest absolute Gasteiger partial charge is 0.479 e. The Kier molecular flexibility index (Phi) is 3.71. The van der Waals surface area contributed by atoms with Crippen LogP contribution >= 0.6 is 11.6 Å². The molecule has 0 fully saturated rings. The summed E-state index contributed by atoms with van der Waals surface area (Å²) in [5.41, 5.74) is 0.674. The average molecular weight is 284 g/mol. The van der Waals surface area contributed by atoms with Crippen molar-refractivity contribution in [2.75, 3.05) is 12.4 Å². The van der Waals surface area contributed by atoms with Crippen LogP contribution in [0.15, 0.2) is 24.4 Å². The molecule has 1 aromatic heterocycles. The van der Waals surface area contributed by atoms with Gasteiger partial charge in [-0.05, 0) is 18.2 Å². The minimum Gasteiger partial charge on any atom is -0.479 e. The molecule has 1 N–H and O–H groups in total. The highest BCUT2D eigenvalue weighted by molar-refractivity contribution is 6.31. The highest BCUT2D eigenvalue weighted by Gasteiger charge is 2.16. The molecule has 2 aromatic rings. The summed E-state index contributed by atoms with van der Waals surface area (Å²) in [5.74, 6) is -0.737. The van der Waals surface area contributed by atoms with Gasteiger partial charge in [0.2, 0.25) is 5.88 Å². The molecule has 0 spiro atoms. The summed E-state index contributed by atoms with van der Waals surface area (Å²) in [6.07, 6.45) is 1.53. The number of amides is 1. The first kappa shape index (κ1) is 13.4. The minimum atomic E-state index is -0.543. The van der Waals surface area contributed by atoms with Gasteiger partial charge in [-0.3, -0.25) is 9.48 Å². The Morgan fingerprint density at radius 2 is 2.26 bits per heavy atom. The van der Waals surface area contributed by atoms with Gasteiger partial charge in [-0.25, -0.2) is 4.39 Å². The molecule has 5 nitrogen and oxygen atoms in total. The lowest BCUT2D eigenvalue weighted by Gasteiger charge is -2.05. The van der Waals surface area contributed by atoms with Crippen molar-refractivity contribution in [2.24, 2.45) is 7.05 Å². The molecule has 0 aliphatic heterocycles. The van der Waals surface area contributed by atoms with Crippen LogP contribution in [0.25, 0.3) is 0 Å². The topological polar surface area (TPSA) is 56.2 Å². The van der Waals surface area contributed by atoms with Gasteiger partial charge in [0.25, 0.3) is 5.91 Å². The standard InChI is InChI=1S/C12H11ClFN3O2/c1-17-6-8(12(16-17)19-2)11(18)15-7-3-4-10(14)9(13)5-7/h3-6H,1-2H3,(H,15,18). The van der Waals surface area contributed by atoms with Gasteiger partial charge in [-0.1, -0.05) is 11.6 Å². The molecular formula is C12H11ClFN3O2. The first-order chi connectivity index (χ1) is 9.01. The number of anilines is 1. The van der Waals surface area contributed by atoms with E-state index in [0.29, 0.717) is 5.69 Å². The lowest BCUT2D eigenvalue weighted by atomic mass is 10.2. The second kappa shape index (κ2) is 5.27. The zero-order valence-electron chi connectivity index (χ0n) is 10.3. The SMILES string of the molecule is COc1nn(C)cc1C(=O)Nc1ccc(F)c(Cl)c1. The molecule has 1 aromatic carbocycles. The number of aromatic nitrogens is 2. The van der Waals surface area contributed by atoms with Gasteiger partial charge >= 0.3 is 0 Å². The van der Waals surface area contributed by atoms with Gasteiger partial charge in [0.1, 0.15) is 11.4 Å². The van der Waals surface area contributed by atoms with E-state index in [-0.39, 0.29) is 16.5 Å². The summed E-state index contributed by atoms with van der Waals surface area (Å²) >= 11 is 5.64. The van der Waals surface area contributed by atoms with Crippen LogP contribution in [0.4, 0.5) is 10.1 Å². The van der Waals surface area contributed by atoms with Crippen molar-refractivity contribution in [3.05, 3.63) is 40.8 Å². The van der Waals surface area contributed by atoms with E-state index in [1.54, 1.807) is 7.05 Å². The summed E-state index contributed by atoms with van der Waals surface area (Å²) < 4.78 is 19.5. The molecule has 19 heavy (non-hydrogen) atoms. The monoisotopic (exact) mass is 283 g/mol. The fourth-order valence-electron chi connectivity index (χ4n) is 1.55.